The third-order valence-electron chi connectivity index (χ3n) is 2.07. The lowest BCUT2D eigenvalue weighted by atomic mass is 10.1. The van der Waals surface area contributed by atoms with E-state index in [4.69, 9.17) is 4.42 Å². The summed E-state index contributed by atoms with van der Waals surface area (Å²) >= 11 is 0. The van der Waals surface area contributed by atoms with Gasteiger partial charge in [-0.25, -0.2) is 13.1 Å². The summed E-state index contributed by atoms with van der Waals surface area (Å²) in [6, 6.07) is 3.16. The SMILES string of the molecule is CCCNCc1ccc(S(=O)(=O)NC(C)(C)C)o1. The quantitative estimate of drug-likeness (QED) is 0.777. The maximum absolute atomic E-state index is 12.0. The van der Waals surface area contributed by atoms with Gasteiger partial charge in [0.15, 0.2) is 0 Å². The van der Waals surface area contributed by atoms with Crippen LogP contribution in [0.25, 0.3) is 0 Å². The Bertz CT molecular complexity index is 472. The minimum absolute atomic E-state index is 0.0364. The molecule has 18 heavy (non-hydrogen) atoms. The highest BCUT2D eigenvalue weighted by Gasteiger charge is 2.24. The van der Waals surface area contributed by atoms with Crippen LogP contribution in [-0.4, -0.2) is 20.5 Å². The minimum Gasteiger partial charge on any atom is -0.447 e. The Kier molecular flexibility index (Phi) is 4.95. The molecule has 6 heteroatoms. The number of furan rings is 1. The molecule has 0 bridgehead atoms. The van der Waals surface area contributed by atoms with Gasteiger partial charge in [0.05, 0.1) is 6.54 Å². The van der Waals surface area contributed by atoms with Crippen molar-refractivity contribution in [2.75, 3.05) is 6.54 Å². The first-order valence-corrected chi connectivity index (χ1v) is 7.56. The molecule has 1 aromatic heterocycles. The van der Waals surface area contributed by atoms with Crippen molar-refractivity contribution in [1.82, 2.24) is 10.0 Å². The number of hydrogen-bond acceptors (Lipinski definition) is 4. The van der Waals surface area contributed by atoms with Crippen molar-refractivity contribution in [3.8, 4) is 0 Å². The van der Waals surface area contributed by atoms with Crippen LogP contribution >= 0.6 is 0 Å². The Morgan fingerprint density at radius 3 is 2.50 bits per heavy atom. The molecule has 0 aliphatic carbocycles. The zero-order valence-electron chi connectivity index (χ0n) is 11.4. The third kappa shape index (κ3) is 4.80. The van der Waals surface area contributed by atoms with Gasteiger partial charge in [-0.15, -0.1) is 0 Å². The predicted octanol–water partition coefficient (Wildman–Crippen LogP) is 1.86. The van der Waals surface area contributed by atoms with Gasteiger partial charge in [0.1, 0.15) is 5.76 Å². The lowest BCUT2D eigenvalue weighted by molar-refractivity contribution is 0.392. The van der Waals surface area contributed by atoms with Crippen LogP contribution in [0, 0.1) is 0 Å². The molecule has 0 aliphatic heterocycles. The van der Waals surface area contributed by atoms with E-state index in [0.29, 0.717) is 12.3 Å². The highest BCUT2D eigenvalue weighted by Crippen LogP contribution is 2.16. The van der Waals surface area contributed by atoms with Gasteiger partial charge < -0.3 is 9.73 Å². The molecule has 104 valence electrons. The van der Waals surface area contributed by atoms with Gasteiger partial charge >= 0.3 is 0 Å². The third-order valence-corrected chi connectivity index (χ3v) is 3.70. The van der Waals surface area contributed by atoms with Crippen molar-refractivity contribution < 1.29 is 12.8 Å². The molecule has 0 fully saturated rings. The second kappa shape index (κ2) is 5.86. The van der Waals surface area contributed by atoms with E-state index in [9.17, 15) is 8.42 Å². The molecule has 0 unspecified atom stereocenters. The van der Waals surface area contributed by atoms with E-state index < -0.39 is 15.6 Å². The maximum Gasteiger partial charge on any atom is 0.274 e. The molecule has 0 aromatic carbocycles. The summed E-state index contributed by atoms with van der Waals surface area (Å²) < 4.78 is 31.8. The van der Waals surface area contributed by atoms with Crippen molar-refractivity contribution >= 4 is 10.0 Å². The van der Waals surface area contributed by atoms with Crippen molar-refractivity contribution in [3.05, 3.63) is 17.9 Å². The van der Waals surface area contributed by atoms with Gasteiger partial charge in [-0.1, -0.05) is 6.92 Å². The van der Waals surface area contributed by atoms with Crippen LogP contribution in [-0.2, 0) is 16.6 Å². The highest BCUT2D eigenvalue weighted by atomic mass is 32.2. The summed E-state index contributed by atoms with van der Waals surface area (Å²) in [5.74, 6) is 0.623. The lowest BCUT2D eigenvalue weighted by Gasteiger charge is -2.19. The molecular weight excluding hydrogens is 252 g/mol. The summed E-state index contributed by atoms with van der Waals surface area (Å²) in [5.41, 5.74) is -0.522. The fourth-order valence-electron chi connectivity index (χ4n) is 1.44. The largest absolute Gasteiger partial charge is 0.447 e. The van der Waals surface area contributed by atoms with Gasteiger partial charge in [0.25, 0.3) is 10.0 Å². The minimum atomic E-state index is -3.57. The summed E-state index contributed by atoms with van der Waals surface area (Å²) in [6.45, 7) is 8.85. The molecule has 0 atom stereocenters. The number of hydrogen-bond donors (Lipinski definition) is 2. The predicted molar refractivity (Wildman–Crippen MR) is 70.8 cm³/mol. The fourth-order valence-corrected chi connectivity index (χ4v) is 2.81. The molecule has 1 heterocycles. The monoisotopic (exact) mass is 274 g/mol. The van der Waals surface area contributed by atoms with E-state index in [2.05, 4.69) is 17.0 Å². The van der Waals surface area contributed by atoms with Gasteiger partial charge in [-0.3, -0.25) is 0 Å². The average Bonchev–Trinajstić information content (AvgIpc) is 2.63. The van der Waals surface area contributed by atoms with Gasteiger partial charge in [-0.2, -0.15) is 0 Å². The summed E-state index contributed by atoms with van der Waals surface area (Å²) in [4.78, 5) is 0. The summed E-state index contributed by atoms with van der Waals surface area (Å²) in [6.07, 6.45) is 1.03. The first-order chi connectivity index (χ1) is 8.24. The molecule has 2 N–H and O–H groups in total. The van der Waals surface area contributed by atoms with Crippen molar-refractivity contribution in [2.45, 2.75) is 51.3 Å². The molecule has 1 aromatic rings. The molecule has 0 spiro atoms. The van der Waals surface area contributed by atoms with E-state index in [1.807, 2.05) is 0 Å². The second-order valence-electron chi connectivity index (χ2n) is 5.25. The molecule has 0 saturated carbocycles. The first kappa shape index (κ1) is 15.2. The first-order valence-electron chi connectivity index (χ1n) is 6.08. The average molecular weight is 274 g/mol. The van der Waals surface area contributed by atoms with Crippen molar-refractivity contribution in [3.63, 3.8) is 0 Å². The van der Waals surface area contributed by atoms with Crippen LogP contribution in [0.2, 0.25) is 0 Å². The van der Waals surface area contributed by atoms with E-state index >= 15 is 0 Å². The highest BCUT2D eigenvalue weighted by molar-refractivity contribution is 7.89. The Hall–Kier alpha value is -0.850. The van der Waals surface area contributed by atoms with Crippen LogP contribution in [0.4, 0.5) is 0 Å². The van der Waals surface area contributed by atoms with Crippen LogP contribution < -0.4 is 10.0 Å². The van der Waals surface area contributed by atoms with Gasteiger partial charge in [0, 0.05) is 5.54 Å². The zero-order valence-corrected chi connectivity index (χ0v) is 12.2. The molecule has 0 saturated heterocycles. The Morgan fingerprint density at radius 2 is 1.94 bits per heavy atom. The molecular formula is C12H22N2O3S. The van der Waals surface area contributed by atoms with E-state index in [0.717, 1.165) is 13.0 Å². The van der Waals surface area contributed by atoms with Crippen LogP contribution in [0.15, 0.2) is 21.6 Å². The number of nitrogens with one attached hydrogen (secondary N) is 2. The topological polar surface area (TPSA) is 71.3 Å². The van der Waals surface area contributed by atoms with Crippen LogP contribution in [0.1, 0.15) is 39.9 Å². The van der Waals surface area contributed by atoms with E-state index in [1.54, 1.807) is 26.8 Å². The Labute approximate surface area is 109 Å². The summed E-state index contributed by atoms with van der Waals surface area (Å²) in [5, 5.41) is 3.12. The summed E-state index contributed by atoms with van der Waals surface area (Å²) in [7, 11) is -3.57. The molecule has 1 rings (SSSR count). The normalized spacial score (nSPS) is 12.9. The molecule has 5 nitrogen and oxygen atoms in total. The Morgan fingerprint density at radius 1 is 1.28 bits per heavy atom. The Balaban J connectivity index is 2.73. The zero-order chi connectivity index (χ0) is 13.8. The maximum atomic E-state index is 12.0. The lowest BCUT2D eigenvalue weighted by Crippen LogP contribution is -2.40. The number of sulfonamides is 1. The van der Waals surface area contributed by atoms with Crippen molar-refractivity contribution in [2.24, 2.45) is 0 Å². The van der Waals surface area contributed by atoms with Gasteiger partial charge in [-0.05, 0) is 45.9 Å². The van der Waals surface area contributed by atoms with Crippen molar-refractivity contribution in [1.29, 1.82) is 0 Å². The van der Waals surface area contributed by atoms with E-state index in [-0.39, 0.29) is 5.09 Å². The van der Waals surface area contributed by atoms with Crippen LogP contribution in [0.3, 0.4) is 0 Å². The second-order valence-corrected chi connectivity index (χ2v) is 6.87. The fraction of sp³-hybridized carbons (Fsp3) is 0.667. The molecule has 0 amide bonds. The van der Waals surface area contributed by atoms with E-state index in [1.165, 1.54) is 6.07 Å². The standard InChI is InChI=1S/C12H22N2O3S/c1-5-8-13-9-10-6-7-11(17-10)18(15,16)14-12(2,3)4/h6-7,13-14H,5,8-9H2,1-4H3. The molecule has 0 radical (unpaired) electrons. The van der Waals surface area contributed by atoms with Gasteiger partial charge in [0.2, 0.25) is 5.09 Å². The number of rotatable bonds is 6. The smallest absolute Gasteiger partial charge is 0.274 e. The molecule has 0 aliphatic rings. The van der Waals surface area contributed by atoms with Crippen LogP contribution in [0.5, 0.6) is 0 Å².